The Morgan fingerprint density at radius 2 is 1.92 bits per heavy atom. The Labute approximate surface area is 85.6 Å². The van der Waals surface area contributed by atoms with E-state index in [4.69, 9.17) is 0 Å². The van der Waals surface area contributed by atoms with Gasteiger partial charge in [0.2, 0.25) is 0 Å². The second-order valence-corrected chi connectivity index (χ2v) is 6.97. The Morgan fingerprint density at radius 1 is 1.25 bits per heavy atom. The summed E-state index contributed by atoms with van der Waals surface area (Å²) >= 11 is 0.258. The molecule has 0 aliphatic rings. The number of hydrogen-bond acceptors (Lipinski definition) is 0. The fourth-order valence-electron chi connectivity index (χ4n) is 1.15. The van der Waals surface area contributed by atoms with Crippen molar-refractivity contribution in [2.75, 3.05) is 0 Å². The van der Waals surface area contributed by atoms with E-state index in [-0.39, 0.29) is 21.2 Å². The summed E-state index contributed by atoms with van der Waals surface area (Å²) in [7, 11) is 0. The fraction of sp³-hybridized carbons (Fsp3) is 0.455. The van der Waals surface area contributed by atoms with Crippen molar-refractivity contribution in [1.82, 2.24) is 0 Å². The molecule has 0 nitrogen and oxygen atoms in total. The van der Waals surface area contributed by atoms with Crippen LogP contribution in [0.4, 0.5) is 0 Å². The van der Waals surface area contributed by atoms with E-state index in [0.717, 1.165) is 3.92 Å². The van der Waals surface area contributed by atoms with Gasteiger partial charge in [-0.25, -0.2) is 0 Å². The minimum absolute atomic E-state index is 0.258. The first-order valence-corrected chi connectivity index (χ1v) is 6.83. The summed E-state index contributed by atoms with van der Waals surface area (Å²) in [6.45, 7) is 4.65. The monoisotopic (exact) mass is 275 g/mol. The van der Waals surface area contributed by atoms with Crippen LogP contribution in [-0.4, -0.2) is 3.92 Å². The van der Waals surface area contributed by atoms with E-state index in [2.05, 4.69) is 44.2 Å². The normalized spacial score (nSPS) is 13.2. The van der Waals surface area contributed by atoms with Crippen LogP contribution in [0.5, 0.6) is 0 Å². The van der Waals surface area contributed by atoms with Gasteiger partial charge in [-0.05, 0) is 0 Å². The molecule has 1 heteroatoms. The molecule has 0 bridgehead atoms. The molecule has 1 atom stereocenters. The summed E-state index contributed by atoms with van der Waals surface area (Å²) in [4.78, 5) is 0. The molecule has 0 amide bonds. The third kappa shape index (κ3) is 3.57. The van der Waals surface area contributed by atoms with E-state index in [1.54, 1.807) is 3.57 Å². The second-order valence-electron chi connectivity index (χ2n) is 2.97. The van der Waals surface area contributed by atoms with Gasteiger partial charge in [0, 0.05) is 0 Å². The molecule has 0 heterocycles. The zero-order valence-corrected chi connectivity index (χ0v) is 9.91. The quantitative estimate of drug-likeness (QED) is 0.541. The van der Waals surface area contributed by atoms with Gasteiger partial charge in [-0.3, -0.25) is 0 Å². The van der Waals surface area contributed by atoms with Crippen LogP contribution in [0.1, 0.15) is 26.7 Å². The molecule has 0 saturated heterocycles. The predicted molar refractivity (Wildman–Crippen MR) is 49.5 cm³/mol. The van der Waals surface area contributed by atoms with Crippen LogP contribution in [0, 0.1) is 3.57 Å². The summed E-state index contributed by atoms with van der Waals surface area (Å²) in [5, 5.41) is 0. The van der Waals surface area contributed by atoms with Crippen molar-refractivity contribution >= 4 is 0 Å². The van der Waals surface area contributed by atoms with Gasteiger partial charge in [0.15, 0.2) is 0 Å². The number of alkyl halides is 1. The number of hydrogen-bond donors (Lipinski definition) is 0. The van der Waals surface area contributed by atoms with Crippen molar-refractivity contribution in [1.29, 1.82) is 0 Å². The van der Waals surface area contributed by atoms with Gasteiger partial charge >= 0.3 is 85.7 Å². The first kappa shape index (κ1) is 10.0. The van der Waals surface area contributed by atoms with Crippen molar-refractivity contribution in [2.45, 2.75) is 30.6 Å². The van der Waals surface area contributed by atoms with Gasteiger partial charge in [-0.15, -0.1) is 0 Å². The maximum atomic E-state index is 2.38. The molecule has 0 N–H and O–H groups in total. The van der Waals surface area contributed by atoms with Gasteiger partial charge in [0.25, 0.3) is 0 Å². The third-order valence-corrected chi connectivity index (χ3v) is 4.86. The van der Waals surface area contributed by atoms with Gasteiger partial charge in [0.05, 0.1) is 0 Å². The molecule has 0 aliphatic heterocycles. The average Bonchev–Trinajstić information content (AvgIpc) is 2.06. The fourth-order valence-corrected chi connectivity index (χ4v) is 4.15. The summed E-state index contributed by atoms with van der Waals surface area (Å²) < 4.78 is 2.52. The summed E-state index contributed by atoms with van der Waals surface area (Å²) in [6.07, 6.45) is 2.72. The van der Waals surface area contributed by atoms with Crippen LogP contribution < -0.4 is 21.2 Å². The van der Waals surface area contributed by atoms with Crippen LogP contribution in [0.25, 0.3) is 0 Å². The molecular formula is C11H16I-. The van der Waals surface area contributed by atoms with Crippen molar-refractivity contribution in [3.05, 3.63) is 33.9 Å². The molecule has 0 saturated carbocycles. The van der Waals surface area contributed by atoms with E-state index >= 15 is 0 Å². The molecule has 1 aromatic carbocycles. The molecule has 0 fully saturated rings. The number of rotatable bonds is 4. The number of benzene rings is 1. The van der Waals surface area contributed by atoms with E-state index in [1.165, 1.54) is 12.8 Å². The van der Waals surface area contributed by atoms with Crippen LogP contribution in [-0.2, 0) is 0 Å². The Balaban J connectivity index is 2.41. The van der Waals surface area contributed by atoms with Crippen LogP contribution >= 0.6 is 0 Å². The summed E-state index contributed by atoms with van der Waals surface area (Å²) in [5.41, 5.74) is 0. The Kier molecular flexibility index (Phi) is 4.66. The molecule has 12 heavy (non-hydrogen) atoms. The average molecular weight is 275 g/mol. The van der Waals surface area contributed by atoms with Gasteiger partial charge in [-0.2, -0.15) is 0 Å². The third-order valence-electron chi connectivity index (χ3n) is 1.73. The molecule has 0 spiro atoms. The van der Waals surface area contributed by atoms with Crippen molar-refractivity contribution in [2.24, 2.45) is 0 Å². The molecule has 1 rings (SSSR count). The predicted octanol–water partition coefficient (Wildman–Crippen LogP) is 0.134. The molecule has 0 aromatic heterocycles. The molecular weight excluding hydrogens is 259 g/mol. The van der Waals surface area contributed by atoms with Gasteiger partial charge in [0.1, 0.15) is 0 Å². The van der Waals surface area contributed by atoms with Crippen molar-refractivity contribution in [3.63, 3.8) is 0 Å². The molecule has 1 aromatic rings. The van der Waals surface area contributed by atoms with E-state index < -0.39 is 0 Å². The molecule has 68 valence electrons. The molecule has 1 unspecified atom stereocenters. The van der Waals surface area contributed by atoms with Crippen LogP contribution in [0.3, 0.4) is 0 Å². The van der Waals surface area contributed by atoms with E-state index in [0.29, 0.717) is 0 Å². The summed E-state index contributed by atoms with van der Waals surface area (Å²) in [5.74, 6) is 0. The Hall–Kier alpha value is -0.0500. The summed E-state index contributed by atoms with van der Waals surface area (Å²) in [6, 6.07) is 10.9. The maximum absolute atomic E-state index is 2.38. The molecule has 0 radical (unpaired) electrons. The van der Waals surface area contributed by atoms with Crippen LogP contribution in [0.2, 0.25) is 0 Å². The van der Waals surface area contributed by atoms with Crippen LogP contribution in [0.15, 0.2) is 30.3 Å². The first-order valence-electron chi connectivity index (χ1n) is 4.51. The van der Waals surface area contributed by atoms with E-state index in [1.807, 2.05) is 0 Å². The topological polar surface area (TPSA) is 0 Å². The Bertz CT molecular complexity index is 206. The molecule has 0 aliphatic carbocycles. The van der Waals surface area contributed by atoms with Gasteiger partial charge < -0.3 is 0 Å². The zero-order valence-electron chi connectivity index (χ0n) is 7.76. The zero-order chi connectivity index (χ0) is 8.81. The van der Waals surface area contributed by atoms with Crippen molar-refractivity contribution < 1.29 is 21.2 Å². The SMILES string of the molecule is CCCC(C)[I-]c1ccccc1. The van der Waals surface area contributed by atoms with Crippen molar-refractivity contribution in [3.8, 4) is 0 Å². The second kappa shape index (κ2) is 5.57. The van der Waals surface area contributed by atoms with E-state index in [9.17, 15) is 0 Å². The Morgan fingerprint density at radius 3 is 2.50 bits per heavy atom. The number of halogens is 1. The first-order chi connectivity index (χ1) is 5.83. The van der Waals surface area contributed by atoms with Gasteiger partial charge in [-0.1, -0.05) is 0 Å². The minimum atomic E-state index is 0.258. The standard InChI is InChI=1S/C11H16I/c1-3-7-10(2)12-11-8-5-4-6-9-11/h4-6,8-10H,3,7H2,1-2H3/q-1.